The Kier molecular flexibility index (Phi) is 4.76. The largest absolute Gasteiger partial charge is 0.359 e. The second-order valence-electron chi connectivity index (χ2n) is 1.74. The monoisotopic (exact) mass is 157 g/mol. The van der Waals surface area contributed by atoms with E-state index in [2.05, 4.69) is 24.5 Å². The van der Waals surface area contributed by atoms with E-state index < -0.39 is 0 Å². The summed E-state index contributed by atoms with van der Waals surface area (Å²) in [6.07, 6.45) is 3.62. The Morgan fingerprint density at radius 2 is 2.40 bits per heavy atom. The van der Waals surface area contributed by atoms with E-state index >= 15 is 0 Å². The molecule has 0 fully saturated rings. The SMILES string of the molecule is C=C/C=C(\S)CC(=O)NC. The maximum absolute atomic E-state index is 10.7. The Bertz CT molecular complexity index is 163. The Balaban J connectivity index is 3.78. The van der Waals surface area contributed by atoms with Crippen LogP contribution in [0.4, 0.5) is 0 Å². The summed E-state index contributed by atoms with van der Waals surface area (Å²) in [4.78, 5) is 11.4. The third-order valence-electron chi connectivity index (χ3n) is 0.931. The van der Waals surface area contributed by atoms with E-state index in [9.17, 15) is 4.79 Å². The van der Waals surface area contributed by atoms with Gasteiger partial charge in [0.05, 0.1) is 6.42 Å². The molecule has 0 aromatic heterocycles. The van der Waals surface area contributed by atoms with Crippen LogP contribution in [-0.2, 0) is 4.79 Å². The van der Waals surface area contributed by atoms with Crippen molar-refractivity contribution in [3.8, 4) is 0 Å². The molecule has 0 aromatic rings. The summed E-state index contributed by atoms with van der Waals surface area (Å²) in [7, 11) is 1.59. The predicted molar refractivity (Wildman–Crippen MR) is 45.9 cm³/mol. The summed E-state index contributed by atoms with van der Waals surface area (Å²) in [6.45, 7) is 3.48. The standard InChI is InChI=1S/C7H11NOS/c1-3-4-6(10)5-7(9)8-2/h3-4,10H,1,5H2,2H3,(H,8,9)/b6-4-. The highest BCUT2D eigenvalue weighted by Crippen LogP contribution is 2.04. The van der Waals surface area contributed by atoms with Crippen molar-refractivity contribution in [2.45, 2.75) is 6.42 Å². The van der Waals surface area contributed by atoms with Crippen LogP contribution in [0.15, 0.2) is 23.6 Å². The van der Waals surface area contributed by atoms with Gasteiger partial charge in [-0.15, -0.1) is 12.6 Å². The van der Waals surface area contributed by atoms with E-state index in [1.807, 2.05) is 0 Å². The minimum atomic E-state index is -0.0388. The zero-order valence-corrected chi connectivity index (χ0v) is 6.82. The smallest absolute Gasteiger partial charge is 0.224 e. The number of hydrogen-bond donors (Lipinski definition) is 2. The maximum Gasteiger partial charge on any atom is 0.224 e. The fourth-order valence-corrected chi connectivity index (χ4v) is 0.697. The zero-order chi connectivity index (χ0) is 7.98. The van der Waals surface area contributed by atoms with Crippen molar-refractivity contribution in [1.82, 2.24) is 5.32 Å². The molecule has 0 atom stereocenters. The number of amides is 1. The number of carbonyl (C=O) groups excluding carboxylic acids is 1. The predicted octanol–water partition coefficient (Wildman–Crippen LogP) is 1.12. The quantitative estimate of drug-likeness (QED) is 0.466. The first-order valence-electron chi connectivity index (χ1n) is 2.92. The number of carbonyl (C=O) groups is 1. The zero-order valence-electron chi connectivity index (χ0n) is 5.92. The summed E-state index contributed by atoms with van der Waals surface area (Å²) in [6, 6.07) is 0. The lowest BCUT2D eigenvalue weighted by Crippen LogP contribution is -2.16. The van der Waals surface area contributed by atoms with Crippen LogP contribution in [0.3, 0.4) is 0 Å². The first kappa shape index (κ1) is 9.30. The molecule has 0 spiro atoms. The average Bonchev–Trinajstić information content (AvgIpc) is 1.88. The van der Waals surface area contributed by atoms with Crippen molar-refractivity contribution in [2.24, 2.45) is 0 Å². The van der Waals surface area contributed by atoms with E-state index in [1.165, 1.54) is 0 Å². The number of hydrogen-bond acceptors (Lipinski definition) is 2. The normalized spacial score (nSPS) is 10.8. The third kappa shape index (κ3) is 4.21. The van der Waals surface area contributed by atoms with Gasteiger partial charge in [0.15, 0.2) is 0 Å². The molecule has 1 amide bonds. The Labute approximate surface area is 66.4 Å². The van der Waals surface area contributed by atoms with Crippen molar-refractivity contribution in [3.63, 3.8) is 0 Å². The molecule has 3 heteroatoms. The third-order valence-corrected chi connectivity index (χ3v) is 1.24. The van der Waals surface area contributed by atoms with Gasteiger partial charge in [0.1, 0.15) is 0 Å². The molecular formula is C7H11NOS. The lowest BCUT2D eigenvalue weighted by molar-refractivity contribution is -0.119. The van der Waals surface area contributed by atoms with Gasteiger partial charge in [-0.2, -0.15) is 0 Å². The maximum atomic E-state index is 10.7. The van der Waals surface area contributed by atoms with Crippen LogP contribution >= 0.6 is 12.6 Å². The number of thiol groups is 1. The van der Waals surface area contributed by atoms with Crippen LogP contribution in [0.25, 0.3) is 0 Å². The molecule has 56 valence electrons. The summed E-state index contributed by atoms with van der Waals surface area (Å²) in [5, 5.41) is 2.49. The van der Waals surface area contributed by atoms with Gasteiger partial charge in [-0.1, -0.05) is 18.7 Å². The van der Waals surface area contributed by atoms with Gasteiger partial charge in [-0.25, -0.2) is 0 Å². The Morgan fingerprint density at radius 1 is 1.80 bits per heavy atom. The van der Waals surface area contributed by atoms with Gasteiger partial charge in [0.25, 0.3) is 0 Å². The molecule has 1 N–H and O–H groups in total. The fraction of sp³-hybridized carbons (Fsp3) is 0.286. The van der Waals surface area contributed by atoms with E-state index in [0.717, 1.165) is 0 Å². The molecule has 0 saturated heterocycles. The van der Waals surface area contributed by atoms with Crippen molar-refractivity contribution >= 4 is 18.5 Å². The molecular weight excluding hydrogens is 146 g/mol. The van der Waals surface area contributed by atoms with Crippen LogP contribution in [0.1, 0.15) is 6.42 Å². The van der Waals surface area contributed by atoms with E-state index in [4.69, 9.17) is 0 Å². The van der Waals surface area contributed by atoms with Crippen LogP contribution in [0.2, 0.25) is 0 Å². The van der Waals surface area contributed by atoms with Crippen molar-refractivity contribution < 1.29 is 4.79 Å². The number of rotatable bonds is 3. The van der Waals surface area contributed by atoms with Crippen LogP contribution in [-0.4, -0.2) is 13.0 Å². The highest BCUT2D eigenvalue weighted by atomic mass is 32.1. The average molecular weight is 157 g/mol. The molecule has 10 heavy (non-hydrogen) atoms. The Hall–Kier alpha value is -0.700. The molecule has 0 aromatic carbocycles. The second kappa shape index (κ2) is 5.11. The number of allylic oxidation sites excluding steroid dienone is 2. The van der Waals surface area contributed by atoms with Crippen molar-refractivity contribution in [1.29, 1.82) is 0 Å². The van der Waals surface area contributed by atoms with Gasteiger partial charge < -0.3 is 5.32 Å². The van der Waals surface area contributed by atoms with Gasteiger partial charge >= 0.3 is 0 Å². The van der Waals surface area contributed by atoms with Crippen molar-refractivity contribution in [2.75, 3.05) is 7.05 Å². The molecule has 0 aliphatic rings. The molecule has 2 nitrogen and oxygen atoms in total. The fourth-order valence-electron chi connectivity index (χ4n) is 0.448. The van der Waals surface area contributed by atoms with Crippen molar-refractivity contribution in [3.05, 3.63) is 23.6 Å². The van der Waals surface area contributed by atoms with Gasteiger partial charge in [-0.3, -0.25) is 4.79 Å². The first-order chi connectivity index (χ1) is 4.70. The molecule has 0 rings (SSSR count). The minimum Gasteiger partial charge on any atom is -0.359 e. The summed E-state index contributed by atoms with van der Waals surface area (Å²) in [5.74, 6) is -0.0388. The molecule has 0 unspecified atom stereocenters. The lowest BCUT2D eigenvalue weighted by atomic mass is 10.3. The molecule has 0 aliphatic carbocycles. The summed E-state index contributed by atoms with van der Waals surface area (Å²) in [5.41, 5.74) is 0. The van der Waals surface area contributed by atoms with Crippen LogP contribution < -0.4 is 5.32 Å². The first-order valence-corrected chi connectivity index (χ1v) is 3.36. The Morgan fingerprint density at radius 3 is 2.80 bits per heavy atom. The van der Waals surface area contributed by atoms with Gasteiger partial charge in [-0.05, 0) is 4.91 Å². The highest BCUT2D eigenvalue weighted by molar-refractivity contribution is 7.84. The topological polar surface area (TPSA) is 29.1 Å². The summed E-state index contributed by atoms with van der Waals surface area (Å²) >= 11 is 4.03. The minimum absolute atomic E-state index is 0.0388. The van der Waals surface area contributed by atoms with Gasteiger partial charge in [0, 0.05) is 7.05 Å². The molecule has 0 heterocycles. The lowest BCUT2D eigenvalue weighted by Gasteiger charge is -1.96. The van der Waals surface area contributed by atoms with E-state index in [0.29, 0.717) is 11.3 Å². The van der Waals surface area contributed by atoms with E-state index in [-0.39, 0.29) is 5.91 Å². The van der Waals surface area contributed by atoms with E-state index in [1.54, 1.807) is 19.2 Å². The highest BCUT2D eigenvalue weighted by Gasteiger charge is 1.97. The number of nitrogens with one attached hydrogen (secondary N) is 1. The second-order valence-corrected chi connectivity index (χ2v) is 2.32. The molecule has 0 radical (unpaired) electrons. The van der Waals surface area contributed by atoms with Gasteiger partial charge in [0.2, 0.25) is 5.91 Å². The van der Waals surface area contributed by atoms with Crippen LogP contribution in [0.5, 0.6) is 0 Å². The molecule has 0 bridgehead atoms. The molecule has 0 saturated carbocycles. The van der Waals surface area contributed by atoms with Crippen LogP contribution in [0, 0.1) is 0 Å². The molecule has 0 aliphatic heterocycles. The summed E-state index contributed by atoms with van der Waals surface area (Å²) < 4.78 is 0.